The normalized spacial score (nSPS) is 12.6. The SMILES string of the molecule is C=CCCCCC(=O)OCC(Cc1ccc(OCc2ccccc2)cc1)NC(=O)C(CC=C)CC(=O)NC(CO)Cc1ccccc1. The average Bonchev–Trinajstić information content (AvgIpc) is 3.09. The lowest BCUT2D eigenvalue weighted by atomic mass is 9.98. The summed E-state index contributed by atoms with van der Waals surface area (Å²) in [6, 6.07) is 26.1. The van der Waals surface area contributed by atoms with Crippen LogP contribution in [-0.4, -0.2) is 48.2 Å². The fraction of sp³-hybridized carbons (Fsp3) is 0.359. The molecule has 3 rings (SSSR count). The molecule has 0 aliphatic heterocycles. The highest BCUT2D eigenvalue weighted by Gasteiger charge is 2.25. The van der Waals surface area contributed by atoms with Gasteiger partial charge < -0.3 is 25.2 Å². The number of aliphatic hydroxyl groups excluding tert-OH is 1. The van der Waals surface area contributed by atoms with Crippen LogP contribution >= 0.6 is 0 Å². The summed E-state index contributed by atoms with van der Waals surface area (Å²) >= 11 is 0. The van der Waals surface area contributed by atoms with E-state index in [0.717, 1.165) is 35.3 Å². The van der Waals surface area contributed by atoms with E-state index in [1.807, 2.05) is 91.0 Å². The Morgan fingerprint density at radius 2 is 1.40 bits per heavy atom. The summed E-state index contributed by atoms with van der Waals surface area (Å²) in [6.45, 7) is 7.70. The molecule has 3 aromatic rings. The van der Waals surface area contributed by atoms with Gasteiger partial charge >= 0.3 is 5.97 Å². The Balaban J connectivity index is 1.62. The van der Waals surface area contributed by atoms with E-state index in [4.69, 9.17) is 9.47 Å². The number of benzene rings is 3. The van der Waals surface area contributed by atoms with Crippen LogP contribution in [0.5, 0.6) is 5.75 Å². The fourth-order valence-electron chi connectivity index (χ4n) is 5.10. The Morgan fingerprint density at radius 1 is 0.766 bits per heavy atom. The van der Waals surface area contributed by atoms with E-state index in [9.17, 15) is 19.5 Å². The van der Waals surface area contributed by atoms with E-state index in [2.05, 4.69) is 23.8 Å². The molecule has 0 bridgehead atoms. The highest BCUT2D eigenvalue weighted by molar-refractivity contribution is 5.86. The first-order valence-corrected chi connectivity index (χ1v) is 16.3. The van der Waals surface area contributed by atoms with Gasteiger partial charge in [0.1, 0.15) is 19.0 Å². The van der Waals surface area contributed by atoms with Gasteiger partial charge in [0.15, 0.2) is 0 Å². The number of allylic oxidation sites excluding steroid dienone is 2. The number of hydrogen-bond acceptors (Lipinski definition) is 6. The number of esters is 1. The summed E-state index contributed by atoms with van der Waals surface area (Å²) in [6.07, 6.45) is 7.19. The smallest absolute Gasteiger partial charge is 0.305 e. The lowest BCUT2D eigenvalue weighted by Gasteiger charge is -2.23. The lowest BCUT2D eigenvalue weighted by molar-refractivity contribution is -0.145. The molecule has 0 heterocycles. The minimum Gasteiger partial charge on any atom is -0.489 e. The van der Waals surface area contributed by atoms with Crippen molar-refractivity contribution >= 4 is 17.8 Å². The molecule has 3 aromatic carbocycles. The quantitative estimate of drug-likeness (QED) is 0.0718. The summed E-state index contributed by atoms with van der Waals surface area (Å²) in [5.41, 5.74) is 2.98. The third kappa shape index (κ3) is 14.5. The number of rotatable bonds is 22. The molecule has 47 heavy (non-hydrogen) atoms. The minimum absolute atomic E-state index is 0.00500. The first-order chi connectivity index (χ1) is 22.9. The number of hydrogen-bond donors (Lipinski definition) is 3. The minimum atomic E-state index is -0.686. The van der Waals surface area contributed by atoms with Gasteiger partial charge in [-0.1, -0.05) is 84.9 Å². The Morgan fingerprint density at radius 3 is 2.04 bits per heavy atom. The number of ether oxygens (including phenoxy) is 2. The first-order valence-electron chi connectivity index (χ1n) is 16.3. The molecule has 3 unspecified atom stereocenters. The summed E-state index contributed by atoms with van der Waals surface area (Å²) in [4.78, 5) is 39.0. The molecule has 0 aliphatic rings. The van der Waals surface area contributed by atoms with Crippen LogP contribution in [0.4, 0.5) is 0 Å². The van der Waals surface area contributed by atoms with Crippen LogP contribution in [0, 0.1) is 5.92 Å². The molecule has 2 amide bonds. The van der Waals surface area contributed by atoms with Gasteiger partial charge in [0.2, 0.25) is 11.8 Å². The number of unbranched alkanes of at least 4 members (excludes halogenated alkanes) is 2. The molecule has 0 saturated carbocycles. The van der Waals surface area contributed by atoms with Crippen LogP contribution in [0.1, 0.15) is 55.2 Å². The molecule has 0 aliphatic carbocycles. The lowest BCUT2D eigenvalue weighted by Crippen LogP contribution is -2.45. The van der Waals surface area contributed by atoms with Crippen molar-refractivity contribution in [3.8, 4) is 5.75 Å². The van der Waals surface area contributed by atoms with Gasteiger partial charge in [-0.15, -0.1) is 13.2 Å². The van der Waals surface area contributed by atoms with E-state index in [0.29, 0.717) is 25.9 Å². The van der Waals surface area contributed by atoms with Crippen LogP contribution < -0.4 is 15.4 Å². The maximum atomic E-state index is 13.5. The zero-order valence-electron chi connectivity index (χ0n) is 27.2. The van der Waals surface area contributed by atoms with Crippen LogP contribution in [0.15, 0.2) is 110 Å². The molecule has 3 atom stereocenters. The zero-order chi connectivity index (χ0) is 33.7. The van der Waals surface area contributed by atoms with Gasteiger partial charge in [-0.3, -0.25) is 14.4 Å². The second kappa shape index (κ2) is 21.2. The Hall–Kier alpha value is -4.69. The predicted molar refractivity (Wildman–Crippen MR) is 185 cm³/mol. The molecule has 8 heteroatoms. The number of amides is 2. The van der Waals surface area contributed by atoms with E-state index < -0.39 is 18.0 Å². The molecule has 250 valence electrons. The van der Waals surface area contributed by atoms with Crippen molar-refractivity contribution in [2.75, 3.05) is 13.2 Å². The third-order valence-corrected chi connectivity index (χ3v) is 7.65. The van der Waals surface area contributed by atoms with Gasteiger partial charge in [0.25, 0.3) is 0 Å². The third-order valence-electron chi connectivity index (χ3n) is 7.65. The van der Waals surface area contributed by atoms with Crippen LogP contribution in [0.25, 0.3) is 0 Å². The number of carbonyl (C=O) groups excluding carboxylic acids is 3. The topological polar surface area (TPSA) is 114 Å². The van der Waals surface area contributed by atoms with Crippen LogP contribution in [0.3, 0.4) is 0 Å². The molecular formula is C39H48N2O6. The van der Waals surface area contributed by atoms with Gasteiger partial charge in [-0.25, -0.2) is 0 Å². The summed E-state index contributed by atoms with van der Waals surface area (Å²) < 4.78 is 11.5. The number of nitrogens with one attached hydrogen (secondary N) is 2. The standard InChI is InChI=1S/C39H48N2O6/c1-3-5-6-13-19-38(44)47-29-35(25-31-20-22-36(23-21-31)46-28-32-17-11-8-12-18-32)41-39(45)33(14-4-2)26-37(43)40-34(27-42)24-30-15-9-7-10-16-30/h3-4,7-12,15-18,20-23,33-35,42H,1-2,5-6,13-14,19,24-29H2,(H,40,43)(H,41,45). The van der Waals surface area contributed by atoms with Crippen molar-refractivity contribution in [3.05, 3.63) is 127 Å². The zero-order valence-corrected chi connectivity index (χ0v) is 27.2. The Bertz CT molecular complexity index is 1380. The van der Waals surface area contributed by atoms with Crippen molar-refractivity contribution in [1.82, 2.24) is 10.6 Å². The maximum Gasteiger partial charge on any atom is 0.305 e. The van der Waals surface area contributed by atoms with Crippen molar-refractivity contribution in [2.45, 2.75) is 70.1 Å². The molecule has 0 radical (unpaired) electrons. The fourth-order valence-corrected chi connectivity index (χ4v) is 5.10. The van der Waals surface area contributed by atoms with Crippen molar-refractivity contribution < 1.29 is 29.0 Å². The maximum absolute atomic E-state index is 13.5. The second-order valence-electron chi connectivity index (χ2n) is 11.6. The number of carbonyl (C=O) groups is 3. The second-order valence-corrected chi connectivity index (χ2v) is 11.6. The number of aliphatic hydroxyl groups is 1. The van der Waals surface area contributed by atoms with E-state index in [-0.39, 0.29) is 50.3 Å². The molecule has 0 saturated heterocycles. The molecule has 0 spiro atoms. The van der Waals surface area contributed by atoms with Crippen LogP contribution in [0.2, 0.25) is 0 Å². The van der Waals surface area contributed by atoms with Crippen molar-refractivity contribution in [3.63, 3.8) is 0 Å². The van der Waals surface area contributed by atoms with Crippen molar-refractivity contribution in [1.29, 1.82) is 0 Å². The first kappa shape index (κ1) is 36.8. The summed E-state index contributed by atoms with van der Waals surface area (Å²) in [7, 11) is 0. The van der Waals surface area contributed by atoms with Gasteiger partial charge in [-0.05, 0) is 67.3 Å². The average molecular weight is 641 g/mol. The highest BCUT2D eigenvalue weighted by Crippen LogP contribution is 2.17. The Kier molecular flexibility index (Phi) is 16.6. The molecule has 8 nitrogen and oxygen atoms in total. The molecular weight excluding hydrogens is 592 g/mol. The van der Waals surface area contributed by atoms with Crippen molar-refractivity contribution in [2.24, 2.45) is 5.92 Å². The van der Waals surface area contributed by atoms with E-state index in [1.54, 1.807) is 6.08 Å². The summed E-state index contributed by atoms with van der Waals surface area (Å²) in [5.74, 6) is -0.966. The van der Waals surface area contributed by atoms with Gasteiger partial charge in [-0.2, -0.15) is 0 Å². The Labute approximate surface area is 278 Å². The monoisotopic (exact) mass is 640 g/mol. The van der Waals surface area contributed by atoms with E-state index >= 15 is 0 Å². The molecule has 3 N–H and O–H groups in total. The van der Waals surface area contributed by atoms with Gasteiger partial charge in [0, 0.05) is 12.8 Å². The van der Waals surface area contributed by atoms with Gasteiger partial charge in [0.05, 0.1) is 24.6 Å². The van der Waals surface area contributed by atoms with Crippen LogP contribution in [-0.2, 0) is 38.6 Å². The summed E-state index contributed by atoms with van der Waals surface area (Å²) in [5, 5.41) is 15.7. The van der Waals surface area contributed by atoms with E-state index in [1.165, 1.54) is 0 Å². The molecule has 0 aromatic heterocycles. The largest absolute Gasteiger partial charge is 0.489 e. The predicted octanol–water partition coefficient (Wildman–Crippen LogP) is 5.88. The molecule has 0 fully saturated rings. The highest BCUT2D eigenvalue weighted by atomic mass is 16.5.